The lowest BCUT2D eigenvalue weighted by molar-refractivity contribution is 0.0379. The summed E-state index contributed by atoms with van der Waals surface area (Å²) in [7, 11) is 0. The van der Waals surface area contributed by atoms with Crippen molar-refractivity contribution in [2.45, 2.75) is 38.3 Å². The molecule has 0 radical (unpaired) electrons. The number of hydrogen-bond donors (Lipinski definition) is 1. The molecule has 1 unspecified atom stereocenters. The van der Waals surface area contributed by atoms with Gasteiger partial charge < -0.3 is 9.67 Å². The lowest BCUT2D eigenvalue weighted by Crippen LogP contribution is -2.26. The molecule has 0 aliphatic heterocycles. The van der Waals surface area contributed by atoms with E-state index in [1.165, 1.54) is 12.1 Å². The van der Waals surface area contributed by atoms with Crippen LogP contribution in [0.25, 0.3) is 0 Å². The SMILES string of the molecule is CC(O)(CCc1ccc(F)cc1)CCn1ccnc1. The average Bonchev–Trinajstić information content (AvgIpc) is 2.89. The summed E-state index contributed by atoms with van der Waals surface area (Å²) in [6.45, 7) is 2.59. The van der Waals surface area contributed by atoms with Crippen LogP contribution >= 0.6 is 0 Å². The monoisotopic (exact) mass is 262 g/mol. The van der Waals surface area contributed by atoms with Crippen LogP contribution in [-0.4, -0.2) is 20.3 Å². The van der Waals surface area contributed by atoms with Gasteiger partial charge in [0.25, 0.3) is 0 Å². The Hall–Kier alpha value is -1.68. The molecule has 3 nitrogen and oxygen atoms in total. The summed E-state index contributed by atoms with van der Waals surface area (Å²) in [5, 5.41) is 10.3. The van der Waals surface area contributed by atoms with Crippen molar-refractivity contribution >= 4 is 0 Å². The molecule has 1 atom stereocenters. The van der Waals surface area contributed by atoms with Crippen LogP contribution in [0.3, 0.4) is 0 Å². The summed E-state index contributed by atoms with van der Waals surface area (Å²) in [4.78, 5) is 3.97. The molecule has 1 N–H and O–H groups in total. The van der Waals surface area contributed by atoms with Crippen molar-refractivity contribution in [3.8, 4) is 0 Å². The molecule has 0 bridgehead atoms. The number of rotatable bonds is 6. The van der Waals surface area contributed by atoms with E-state index in [9.17, 15) is 9.50 Å². The number of benzene rings is 1. The van der Waals surface area contributed by atoms with Gasteiger partial charge in [0.1, 0.15) is 5.82 Å². The zero-order valence-corrected chi connectivity index (χ0v) is 11.1. The van der Waals surface area contributed by atoms with Crippen LogP contribution in [-0.2, 0) is 13.0 Å². The van der Waals surface area contributed by atoms with Crippen LogP contribution in [0.1, 0.15) is 25.3 Å². The second-order valence-electron chi connectivity index (χ2n) is 5.17. The molecule has 19 heavy (non-hydrogen) atoms. The molecule has 0 saturated carbocycles. The Balaban J connectivity index is 1.81. The standard InChI is InChI=1S/C15H19FN2O/c1-15(19,8-10-18-11-9-17-12-18)7-6-13-2-4-14(16)5-3-13/h2-5,9,11-12,19H,6-8,10H2,1H3. The first-order chi connectivity index (χ1) is 9.05. The van der Waals surface area contributed by atoms with Gasteiger partial charge in [0, 0.05) is 18.9 Å². The van der Waals surface area contributed by atoms with Gasteiger partial charge in [-0.05, 0) is 43.9 Å². The first-order valence-electron chi connectivity index (χ1n) is 6.48. The van der Waals surface area contributed by atoms with E-state index in [0.29, 0.717) is 12.8 Å². The number of halogens is 1. The third-order valence-electron chi connectivity index (χ3n) is 3.33. The highest BCUT2D eigenvalue weighted by atomic mass is 19.1. The molecule has 4 heteroatoms. The van der Waals surface area contributed by atoms with E-state index in [4.69, 9.17) is 0 Å². The van der Waals surface area contributed by atoms with Crippen molar-refractivity contribution in [2.75, 3.05) is 0 Å². The van der Waals surface area contributed by atoms with Crippen molar-refractivity contribution in [1.82, 2.24) is 9.55 Å². The van der Waals surface area contributed by atoms with E-state index < -0.39 is 5.60 Å². The molecule has 0 aliphatic rings. The lowest BCUT2D eigenvalue weighted by Gasteiger charge is -2.23. The third-order valence-corrected chi connectivity index (χ3v) is 3.33. The second kappa shape index (κ2) is 5.97. The fourth-order valence-electron chi connectivity index (χ4n) is 1.98. The van der Waals surface area contributed by atoms with Gasteiger partial charge in [0.05, 0.1) is 11.9 Å². The molecule has 102 valence electrons. The Kier molecular flexibility index (Phi) is 4.32. The smallest absolute Gasteiger partial charge is 0.123 e. The van der Waals surface area contributed by atoms with Crippen LogP contribution in [0.15, 0.2) is 43.0 Å². The summed E-state index contributed by atoms with van der Waals surface area (Å²) in [5.74, 6) is -0.226. The van der Waals surface area contributed by atoms with Gasteiger partial charge in [-0.2, -0.15) is 0 Å². The molecule has 0 spiro atoms. The molecule has 2 rings (SSSR count). The minimum Gasteiger partial charge on any atom is -0.390 e. The molecule has 0 saturated heterocycles. The molecule has 1 aromatic carbocycles. The molecule has 0 amide bonds. The molecule has 0 fully saturated rings. The predicted molar refractivity (Wildman–Crippen MR) is 72.2 cm³/mol. The third kappa shape index (κ3) is 4.48. The van der Waals surface area contributed by atoms with Gasteiger partial charge in [-0.1, -0.05) is 12.1 Å². The number of aryl methyl sites for hydroxylation is 2. The summed E-state index contributed by atoms with van der Waals surface area (Å²) in [5.41, 5.74) is 0.322. The van der Waals surface area contributed by atoms with Gasteiger partial charge in [0.15, 0.2) is 0 Å². The average molecular weight is 262 g/mol. The largest absolute Gasteiger partial charge is 0.390 e. The number of nitrogens with zero attached hydrogens (tertiary/aromatic N) is 2. The molecular formula is C15H19FN2O. The van der Waals surface area contributed by atoms with Crippen molar-refractivity contribution in [3.63, 3.8) is 0 Å². The maximum Gasteiger partial charge on any atom is 0.123 e. The number of imidazole rings is 1. The number of hydrogen-bond acceptors (Lipinski definition) is 2. The highest BCUT2D eigenvalue weighted by molar-refractivity contribution is 5.16. The number of aromatic nitrogens is 2. The normalized spacial score (nSPS) is 14.3. The Morgan fingerprint density at radius 3 is 2.63 bits per heavy atom. The van der Waals surface area contributed by atoms with Crippen molar-refractivity contribution in [1.29, 1.82) is 0 Å². The Morgan fingerprint density at radius 2 is 2.00 bits per heavy atom. The zero-order valence-electron chi connectivity index (χ0n) is 11.1. The number of aliphatic hydroxyl groups is 1. The molecule has 1 heterocycles. The topological polar surface area (TPSA) is 38.0 Å². The Labute approximate surface area is 112 Å². The highest BCUT2D eigenvalue weighted by Crippen LogP contribution is 2.19. The zero-order chi connectivity index (χ0) is 13.7. The van der Waals surface area contributed by atoms with Gasteiger partial charge >= 0.3 is 0 Å². The van der Waals surface area contributed by atoms with Crippen molar-refractivity contribution in [2.24, 2.45) is 0 Å². The lowest BCUT2D eigenvalue weighted by atomic mass is 9.93. The predicted octanol–water partition coefficient (Wildman–Crippen LogP) is 2.80. The maximum atomic E-state index is 12.8. The molecular weight excluding hydrogens is 243 g/mol. The van der Waals surface area contributed by atoms with E-state index in [1.54, 1.807) is 24.7 Å². The van der Waals surface area contributed by atoms with Crippen molar-refractivity contribution < 1.29 is 9.50 Å². The Bertz CT molecular complexity index is 491. The minimum absolute atomic E-state index is 0.226. The highest BCUT2D eigenvalue weighted by Gasteiger charge is 2.19. The van der Waals surface area contributed by atoms with Crippen LogP contribution in [0.2, 0.25) is 0 Å². The van der Waals surface area contributed by atoms with Crippen molar-refractivity contribution in [3.05, 3.63) is 54.4 Å². The van der Waals surface area contributed by atoms with Crippen LogP contribution in [0, 0.1) is 5.82 Å². The van der Waals surface area contributed by atoms with Gasteiger partial charge in [0.2, 0.25) is 0 Å². The van der Waals surface area contributed by atoms with Crippen LogP contribution in [0.5, 0.6) is 0 Å². The fraction of sp³-hybridized carbons (Fsp3) is 0.400. The van der Waals surface area contributed by atoms with Crippen LogP contribution in [0.4, 0.5) is 4.39 Å². The van der Waals surface area contributed by atoms with E-state index in [2.05, 4.69) is 4.98 Å². The summed E-state index contributed by atoms with van der Waals surface area (Å²) < 4.78 is 14.7. The summed E-state index contributed by atoms with van der Waals surface area (Å²) in [6.07, 6.45) is 7.44. The first-order valence-corrected chi connectivity index (χ1v) is 6.48. The molecule has 2 aromatic rings. The van der Waals surface area contributed by atoms with E-state index in [0.717, 1.165) is 18.5 Å². The minimum atomic E-state index is -0.724. The fourth-order valence-corrected chi connectivity index (χ4v) is 1.98. The summed E-state index contributed by atoms with van der Waals surface area (Å²) in [6, 6.07) is 6.44. The summed E-state index contributed by atoms with van der Waals surface area (Å²) >= 11 is 0. The van der Waals surface area contributed by atoms with Gasteiger partial charge in [-0.25, -0.2) is 9.37 Å². The van der Waals surface area contributed by atoms with Crippen LogP contribution < -0.4 is 0 Å². The second-order valence-corrected chi connectivity index (χ2v) is 5.17. The van der Waals surface area contributed by atoms with E-state index >= 15 is 0 Å². The molecule has 1 aromatic heterocycles. The van der Waals surface area contributed by atoms with E-state index in [1.807, 2.05) is 17.7 Å². The van der Waals surface area contributed by atoms with E-state index in [-0.39, 0.29) is 5.82 Å². The first kappa shape index (κ1) is 13.7. The van der Waals surface area contributed by atoms with Gasteiger partial charge in [-0.3, -0.25) is 0 Å². The maximum absolute atomic E-state index is 12.8. The quantitative estimate of drug-likeness (QED) is 0.869. The Morgan fingerprint density at radius 1 is 1.26 bits per heavy atom. The van der Waals surface area contributed by atoms with Gasteiger partial charge in [-0.15, -0.1) is 0 Å². The molecule has 0 aliphatic carbocycles.